The summed E-state index contributed by atoms with van der Waals surface area (Å²) in [4.78, 5) is 0. The number of hydrogen-bond acceptors (Lipinski definition) is 4. The van der Waals surface area contributed by atoms with Crippen molar-refractivity contribution in [1.29, 1.82) is 0 Å². The van der Waals surface area contributed by atoms with Crippen LogP contribution >= 0.6 is 0 Å². The average Bonchev–Trinajstić information content (AvgIpc) is 2.23. The Labute approximate surface area is 91.1 Å². The lowest BCUT2D eigenvalue weighted by molar-refractivity contribution is -0.440. The molecule has 0 aromatic rings. The molecule has 1 aliphatic rings. The van der Waals surface area contributed by atoms with Gasteiger partial charge >= 0.3 is 0 Å². The van der Waals surface area contributed by atoms with Crippen LogP contribution in [0.2, 0.25) is 0 Å². The monoisotopic (exact) mass is 216 g/mol. The Morgan fingerprint density at radius 3 is 2.00 bits per heavy atom. The highest BCUT2D eigenvalue weighted by atomic mass is 16.8. The van der Waals surface area contributed by atoms with Gasteiger partial charge in [-0.1, -0.05) is 6.08 Å². The lowest BCUT2D eigenvalue weighted by Crippen LogP contribution is -2.64. The molecule has 0 spiro atoms. The molecule has 15 heavy (non-hydrogen) atoms. The molecule has 0 N–H and O–H groups in total. The summed E-state index contributed by atoms with van der Waals surface area (Å²) in [7, 11) is 3.14. The highest BCUT2D eigenvalue weighted by molar-refractivity contribution is 4.96. The number of ether oxygens (including phenoxy) is 4. The van der Waals surface area contributed by atoms with E-state index in [1.54, 1.807) is 34.1 Å². The third kappa shape index (κ3) is 1.95. The van der Waals surface area contributed by atoms with Crippen molar-refractivity contribution in [2.75, 3.05) is 14.2 Å². The van der Waals surface area contributed by atoms with Gasteiger partial charge in [-0.2, -0.15) is 0 Å². The van der Waals surface area contributed by atoms with E-state index in [2.05, 4.69) is 6.58 Å². The van der Waals surface area contributed by atoms with Crippen LogP contribution in [0.15, 0.2) is 12.7 Å². The van der Waals surface area contributed by atoms with Gasteiger partial charge in [0.2, 0.25) is 11.6 Å². The molecule has 1 aliphatic heterocycles. The minimum Gasteiger partial charge on any atom is -0.349 e. The molecular weight excluding hydrogens is 196 g/mol. The molecule has 1 saturated heterocycles. The van der Waals surface area contributed by atoms with Crippen LogP contribution in [0.1, 0.15) is 20.8 Å². The van der Waals surface area contributed by atoms with Crippen LogP contribution in [-0.2, 0) is 18.9 Å². The smallest absolute Gasteiger partial charge is 0.220 e. The predicted octanol–water partition coefficient (Wildman–Crippen LogP) is 1.70. The zero-order chi connectivity index (χ0) is 11.7. The average molecular weight is 216 g/mol. The fourth-order valence-electron chi connectivity index (χ4n) is 1.70. The summed E-state index contributed by atoms with van der Waals surface area (Å²) in [5.74, 6) is -1.85. The van der Waals surface area contributed by atoms with Crippen molar-refractivity contribution in [2.45, 2.75) is 44.6 Å². The molecule has 4 atom stereocenters. The number of rotatable bonds is 3. The molecule has 1 rings (SSSR count). The Kier molecular flexibility index (Phi) is 3.55. The van der Waals surface area contributed by atoms with Gasteiger partial charge in [0.05, 0.1) is 6.10 Å². The van der Waals surface area contributed by atoms with E-state index < -0.39 is 11.6 Å². The zero-order valence-corrected chi connectivity index (χ0v) is 10.1. The Bertz CT molecular complexity index is 243. The van der Waals surface area contributed by atoms with Crippen LogP contribution in [0.3, 0.4) is 0 Å². The van der Waals surface area contributed by atoms with Crippen molar-refractivity contribution in [3.8, 4) is 0 Å². The molecule has 4 nitrogen and oxygen atoms in total. The second-order valence-electron chi connectivity index (χ2n) is 3.94. The van der Waals surface area contributed by atoms with Gasteiger partial charge < -0.3 is 18.9 Å². The maximum absolute atomic E-state index is 5.80. The summed E-state index contributed by atoms with van der Waals surface area (Å²) in [6, 6.07) is 0. The Balaban J connectivity index is 2.96. The standard InChI is InChI=1S/C11H20O4/c1-7-9-8(2)14-10(3,12-5)11(4,13-6)15-9/h7-9H,1H2,2-6H3/t8-,9-,10+,11+/m1/s1. The third-order valence-corrected chi connectivity index (χ3v) is 3.07. The van der Waals surface area contributed by atoms with Gasteiger partial charge in [0.25, 0.3) is 0 Å². The summed E-state index contributed by atoms with van der Waals surface area (Å²) in [6.07, 6.45) is 1.39. The first-order valence-corrected chi connectivity index (χ1v) is 5.01. The van der Waals surface area contributed by atoms with Crippen LogP contribution in [0.5, 0.6) is 0 Å². The third-order valence-electron chi connectivity index (χ3n) is 3.07. The van der Waals surface area contributed by atoms with Gasteiger partial charge in [0.1, 0.15) is 6.10 Å². The van der Waals surface area contributed by atoms with Crippen molar-refractivity contribution in [3.63, 3.8) is 0 Å². The molecule has 0 saturated carbocycles. The van der Waals surface area contributed by atoms with E-state index in [4.69, 9.17) is 18.9 Å². The minimum atomic E-state index is -0.937. The molecule has 88 valence electrons. The van der Waals surface area contributed by atoms with Crippen LogP contribution in [0.25, 0.3) is 0 Å². The SMILES string of the molecule is C=C[C@H]1O[C@](C)(OC)[C@@](C)(OC)O[C@@H]1C. The first-order chi connectivity index (χ1) is 6.92. The van der Waals surface area contributed by atoms with Gasteiger partial charge in [-0.3, -0.25) is 0 Å². The largest absolute Gasteiger partial charge is 0.349 e. The molecular formula is C11H20O4. The van der Waals surface area contributed by atoms with Crippen molar-refractivity contribution in [3.05, 3.63) is 12.7 Å². The lowest BCUT2D eigenvalue weighted by atomic mass is 10.0. The van der Waals surface area contributed by atoms with Gasteiger partial charge in [0, 0.05) is 14.2 Å². The van der Waals surface area contributed by atoms with Gasteiger partial charge in [-0.25, -0.2) is 0 Å². The summed E-state index contributed by atoms with van der Waals surface area (Å²) < 4.78 is 22.3. The zero-order valence-electron chi connectivity index (χ0n) is 10.1. The van der Waals surface area contributed by atoms with Crippen LogP contribution in [-0.4, -0.2) is 38.0 Å². The van der Waals surface area contributed by atoms with Crippen molar-refractivity contribution in [1.82, 2.24) is 0 Å². The molecule has 1 fully saturated rings. The Morgan fingerprint density at radius 2 is 1.60 bits per heavy atom. The van der Waals surface area contributed by atoms with E-state index in [1.807, 2.05) is 6.92 Å². The molecule has 0 aliphatic carbocycles. The summed E-state index contributed by atoms with van der Waals surface area (Å²) in [5.41, 5.74) is 0. The van der Waals surface area contributed by atoms with E-state index >= 15 is 0 Å². The summed E-state index contributed by atoms with van der Waals surface area (Å²) in [5, 5.41) is 0. The van der Waals surface area contributed by atoms with E-state index in [1.165, 1.54) is 0 Å². The van der Waals surface area contributed by atoms with Crippen LogP contribution < -0.4 is 0 Å². The molecule has 0 radical (unpaired) electrons. The normalized spacial score (nSPS) is 46.5. The van der Waals surface area contributed by atoms with Gasteiger partial charge in [-0.05, 0) is 20.8 Å². The number of hydrogen-bond donors (Lipinski definition) is 0. The first-order valence-electron chi connectivity index (χ1n) is 5.01. The molecule has 1 heterocycles. The van der Waals surface area contributed by atoms with Crippen molar-refractivity contribution < 1.29 is 18.9 Å². The predicted molar refractivity (Wildman–Crippen MR) is 56.4 cm³/mol. The molecule has 0 aromatic heterocycles. The number of methoxy groups -OCH3 is 2. The minimum absolute atomic E-state index is 0.115. The maximum Gasteiger partial charge on any atom is 0.220 e. The van der Waals surface area contributed by atoms with E-state index in [0.717, 1.165) is 0 Å². The highest BCUT2D eigenvalue weighted by Gasteiger charge is 2.55. The summed E-state index contributed by atoms with van der Waals surface area (Å²) >= 11 is 0. The maximum atomic E-state index is 5.80. The molecule has 0 bridgehead atoms. The topological polar surface area (TPSA) is 36.9 Å². The van der Waals surface area contributed by atoms with E-state index in [0.29, 0.717) is 0 Å². The quantitative estimate of drug-likeness (QED) is 0.673. The van der Waals surface area contributed by atoms with E-state index in [9.17, 15) is 0 Å². The molecule has 4 heteroatoms. The second-order valence-corrected chi connectivity index (χ2v) is 3.94. The lowest BCUT2D eigenvalue weighted by Gasteiger charge is -2.50. The highest BCUT2D eigenvalue weighted by Crippen LogP contribution is 2.39. The Hall–Kier alpha value is -0.420. The van der Waals surface area contributed by atoms with Crippen LogP contribution in [0.4, 0.5) is 0 Å². The first kappa shape index (κ1) is 12.6. The van der Waals surface area contributed by atoms with Crippen molar-refractivity contribution >= 4 is 0 Å². The van der Waals surface area contributed by atoms with Crippen LogP contribution in [0, 0.1) is 0 Å². The molecule has 0 aromatic carbocycles. The summed E-state index contributed by atoms with van der Waals surface area (Å²) in [6.45, 7) is 9.21. The fourth-order valence-corrected chi connectivity index (χ4v) is 1.70. The van der Waals surface area contributed by atoms with E-state index in [-0.39, 0.29) is 12.2 Å². The fraction of sp³-hybridized carbons (Fsp3) is 0.818. The Morgan fingerprint density at radius 1 is 1.13 bits per heavy atom. The molecule has 0 unspecified atom stereocenters. The van der Waals surface area contributed by atoms with Gasteiger partial charge in [0.15, 0.2) is 0 Å². The van der Waals surface area contributed by atoms with Gasteiger partial charge in [-0.15, -0.1) is 6.58 Å². The second kappa shape index (κ2) is 4.22. The van der Waals surface area contributed by atoms with Crippen molar-refractivity contribution in [2.24, 2.45) is 0 Å². The molecule has 0 amide bonds.